The van der Waals surface area contributed by atoms with E-state index in [9.17, 15) is 9.59 Å². The molecule has 2 heterocycles. The molecule has 0 bridgehead atoms. The normalized spacial score (nSPS) is 14.5. The third kappa shape index (κ3) is 4.46. The first kappa shape index (κ1) is 17.6. The summed E-state index contributed by atoms with van der Waals surface area (Å²) in [6.07, 6.45) is 1.57. The largest absolute Gasteiger partial charge is 0.484 e. The number of rotatable bonds is 4. The predicted octanol–water partition coefficient (Wildman–Crippen LogP) is 2.68. The number of ether oxygens (including phenoxy) is 1. The number of nitrogens with one attached hydrogen (secondary N) is 1. The van der Waals surface area contributed by atoms with Crippen LogP contribution >= 0.6 is 23.2 Å². The van der Waals surface area contributed by atoms with Crippen molar-refractivity contribution in [2.24, 2.45) is 0 Å². The minimum absolute atomic E-state index is 0.0399. The second-order valence-corrected chi connectivity index (χ2v) is 6.52. The average molecular weight is 382 g/mol. The highest BCUT2D eigenvalue weighted by Gasteiger charge is 2.25. The fourth-order valence-corrected chi connectivity index (χ4v) is 2.88. The lowest BCUT2D eigenvalue weighted by atomic mass is 10.2. The Hall–Kier alpha value is -2.18. The van der Waals surface area contributed by atoms with E-state index < -0.39 is 0 Å². The number of amides is 2. The highest BCUT2D eigenvalue weighted by molar-refractivity contribution is 6.31. The van der Waals surface area contributed by atoms with E-state index in [1.54, 1.807) is 46.3 Å². The highest BCUT2D eigenvalue weighted by Crippen LogP contribution is 2.16. The lowest BCUT2D eigenvalue weighted by molar-refractivity contribution is -0.134. The summed E-state index contributed by atoms with van der Waals surface area (Å²) in [6.45, 7) is 1.86. The molecular weight excluding hydrogens is 365 g/mol. The van der Waals surface area contributed by atoms with Gasteiger partial charge >= 0.3 is 0 Å². The van der Waals surface area contributed by atoms with E-state index in [0.717, 1.165) is 0 Å². The number of carbonyl (C=O) groups excluding carboxylic acids is 2. The van der Waals surface area contributed by atoms with Gasteiger partial charge in [-0.3, -0.25) is 9.59 Å². The number of hydrogen-bond acceptors (Lipinski definition) is 3. The van der Waals surface area contributed by atoms with Gasteiger partial charge in [0.15, 0.2) is 6.61 Å². The summed E-state index contributed by atoms with van der Waals surface area (Å²) in [5.74, 6) is 0.372. The van der Waals surface area contributed by atoms with Gasteiger partial charge in [0.1, 0.15) is 11.4 Å². The topological polar surface area (TPSA) is 65.6 Å². The van der Waals surface area contributed by atoms with Gasteiger partial charge in [0, 0.05) is 37.4 Å². The Labute approximate surface area is 155 Å². The number of carbonyl (C=O) groups is 2. The van der Waals surface area contributed by atoms with Crippen molar-refractivity contribution in [2.45, 2.75) is 0 Å². The Balaban J connectivity index is 1.47. The standard InChI is InChI=1S/C17H17Cl2N3O3/c18-12-1-3-14(4-2-12)25-11-16(23)21-5-7-22(8-6-21)17(24)15-9-13(19)10-20-15/h1-4,9-10,20H,5-8,11H2. The lowest BCUT2D eigenvalue weighted by Gasteiger charge is -2.34. The fourth-order valence-electron chi connectivity index (χ4n) is 2.59. The minimum atomic E-state index is -0.114. The maximum atomic E-state index is 12.3. The van der Waals surface area contributed by atoms with Crippen molar-refractivity contribution in [3.05, 3.63) is 52.3 Å². The molecule has 0 saturated carbocycles. The molecule has 0 unspecified atom stereocenters. The SMILES string of the molecule is O=C(COc1ccc(Cl)cc1)N1CCN(C(=O)c2cc(Cl)c[nH]2)CC1. The maximum Gasteiger partial charge on any atom is 0.270 e. The van der Waals surface area contributed by atoms with Crippen molar-refractivity contribution in [2.75, 3.05) is 32.8 Å². The average Bonchev–Trinajstić information content (AvgIpc) is 3.07. The molecule has 1 saturated heterocycles. The second-order valence-electron chi connectivity index (χ2n) is 5.65. The number of nitrogens with zero attached hydrogens (tertiary/aromatic N) is 2. The minimum Gasteiger partial charge on any atom is -0.484 e. The van der Waals surface area contributed by atoms with Crippen molar-refractivity contribution in [3.8, 4) is 5.75 Å². The fraction of sp³-hybridized carbons (Fsp3) is 0.294. The van der Waals surface area contributed by atoms with Gasteiger partial charge in [0.25, 0.3) is 11.8 Å². The summed E-state index contributed by atoms with van der Waals surface area (Å²) in [5.41, 5.74) is 0.454. The molecule has 0 aliphatic carbocycles. The van der Waals surface area contributed by atoms with Crippen LogP contribution in [0, 0.1) is 0 Å². The van der Waals surface area contributed by atoms with Gasteiger partial charge in [-0.05, 0) is 30.3 Å². The summed E-state index contributed by atoms with van der Waals surface area (Å²) in [4.78, 5) is 30.8. The quantitative estimate of drug-likeness (QED) is 0.885. The number of halogens is 2. The molecule has 2 aromatic rings. The van der Waals surface area contributed by atoms with E-state index in [1.165, 1.54) is 0 Å². The van der Waals surface area contributed by atoms with Gasteiger partial charge in [0.2, 0.25) is 0 Å². The molecule has 1 aromatic carbocycles. The van der Waals surface area contributed by atoms with E-state index in [4.69, 9.17) is 27.9 Å². The van der Waals surface area contributed by atoms with Crippen LogP contribution in [0.1, 0.15) is 10.5 Å². The first-order valence-corrected chi connectivity index (χ1v) is 8.58. The second kappa shape index (κ2) is 7.80. The molecule has 132 valence electrons. The van der Waals surface area contributed by atoms with E-state index in [-0.39, 0.29) is 18.4 Å². The van der Waals surface area contributed by atoms with Crippen molar-refractivity contribution in [1.82, 2.24) is 14.8 Å². The van der Waals surface area contributed by atoms with Gasteiger partial charge in [0.05, 0.1) is 5.02 Å². The smallest absolute Gasteiger partial charge is 0.270 e. The Kier molecular flexibility index (Phi) is 5.50. The Morgan fingerprint density at radius 1 is 1.00 bits per heavy atom. The number of aromatic amines is 1. The monoisotopic (exact) mass is 381 g/mol. The van der Waals surface area contributed by atoms with Crippen LogP contribution in [0.5, 0.6) is 5.75 Å². The molecule has 1 aromatic heterocycles. The molecule has 0 radical (unpaired) electrons. The molecule has 6 nitrogen and oxygen atoms in total. The first-order valence-electron chi connectivity index (χ1n) is 7.82. The molecule has 0 atom stereocenters. The molecule has 1 fully saturated rings. The molecule has 0 spiro atoms. The maximum absolute atomic E-state index is 12.3. The van der Waals surface area contributed by atoms with Gasteiger partial charge in [-0.1, -0.05) is 23.2 Å². The highest BCUT2D eigenvalue weighted by atomic mass is 35.5. The zero-order valence-electron chi connectivity index (χ0n) is 13.4. The van der Waals surface area contributed by atoms with Crippen LogP contribution < -0.4 is 4.74 Å². The van der Waals surface area contributed by atoms with Crippen LogP contribution in [0.15, 0.2) is 36.5 Å². The van der Waals surface area contributed by atoms with Crippen LogP contribution in [0.4, 0.5) is 0 Å². The Morgan fingerprint density at radius 3 is 2.24 bits per heavy atom. The number of benzene rings is 1. The zero-order chi connectivity index (χ0) is 17.8. The van der Waals surface area contributed by atoms with E-state index in [2.05, 4.69) is 4.98 Å². The van der Waals surface area contributed by atoms with Crippen LogP contribution in [0.3, 0.4) is 0 Å². The van der Waals surface area contributed by atoms with Crippen molar-refractivity contribution in [3.63, 3.8) is 0 Å². The zero-order valence-corrected chi connectivity index (χ0v) is 14.9. The summed E-state index contributed by atoms with van der Waals surface area (Å²) in [5, 5.41) is 1.11. The van der Waals surface area contributed by atoms with Crippen LogP contribution in [-0.2, 0) is 4.79 Å². The number of hydrogen-bond donors (Lipinski definition) is 1. The predicted molar refractivity (Wildman–Crippen MR) is 95.2 cm³/mol. The Morgan fingerprint density at radius 2 is 1.64 bits per heavy atom. The van der Waals surface area contributed by atoms with Gasteiger partial charge < -0.3 is 19.5 Å². The van der Waals surface area contributed by atoms with Crippen molar-refractivity contribution >= 4 is 35.0 Å². The molecule has 3 rings (SSSR count). The van der Waals surface area contributed by atoms with Crippen molar-refractivity contribution in [1.29, 1.82) is 0 Å². The van der Waals surface area contributed by atoms with Gasteiger partial charge in [-0.25, -0.2) is 0 Å². The molecule has 8 heteroatoms. The van der Waals surface area contributed by atoms with Gasteiger partial charge in [-0.2, -0.15) is 0 Å². The summed E-state index contributed by atoms with van der Waals surface area (Å²) < 4.78 is 5.47. The lowest BCUT2D eigenvalue weighted by Crippen LogP contribution is -2.51. The van der Waals surface area contributed by atoms with E-state index >= 15 is 0 Å². The summed E-state index contributed by atoms with van der Waals surface area (Å²) in [6, 6.07) is 8.44. The summed E-state index contributed by atoms with van der Waals surface area (Å²) >= 11 is 11.6. The molecule has 2 amide bonds. The van der Waals surface area contributed by atoms with Crippen LogP contribution in [0.2, 0.25) is 10.0 Å². The van der Waals surface area contributed by atoms with E-state index in [1.807, 2.05) is 0 Å². The van der Waals surface area contributed by atoms with Gasteiger partial charge in [-0.15, -0.1) is 0 Å². The number of piperazine rings is 1. The first-order chi connectivity index (χ1) is 12.0. The van der Waals surface area contributed by atoms with Crippen LogP contribution in [0.25, 0.3) is 0 Å². The molecule has 1 aliphatic heterocycles. The molecular formula is C17H17Cl2N3O3. The molecule has 1 aliphatic rings. The molecule has 25 heavy (non-hydrogen) atoms. The third-order valence-electron chi connectivity index (χ3n) is 3.97. The Bertz CT molecular complexity index is 753. The molecule has 1 N–H and O–H groups in total. The number of H-pyrrole nitrogens is 1. The number of aromatic nitrogens is 1. The van der Waals surface area contributed by atoms with E-state index in [0.29, 0.717) is 47.7 Å². The third-order valence-corrected chi connectivity index (χ3v) is 4.44. The summed E-state index contributed by atoms with van der Waals surface area (Å²) in [7, 11) is 0. The van der Waals surface area contributed by atoms with Crippen molar-refractivity contribution < 1.29 is 14.3 Å². The van der Waals surface area contributed by atoms with Crippen LogP contribution in [-0.4, -0.2) is 59.4 Å².